The van der Waals surface area contributed by atoms with Gasteiger partial charge in [-0.2, -0.15) is 0 Å². The number of hydrogen-bond donors (Lipinski definition) is 1. The predicted octanol–water partition coefficient (Wildman–Crippen LogP) is 3.32. The molecule has 0 heterocycles. The number of benzene rings is 2. The van der Waals surface area contributed by atoms with Gasteiger partial charge in [0, 0.05) is 6.26 Å². The third-order valence-electron chi connectivity index (χ3n) is 4.35. The maximum Gasteiger partial charge on any atom is 0.338 e. The van der Waals surface area contributed by atoms with Crippen LogP contribution in [-0.2, 0) is 25.8 Å². The minimum atomic E-state index is -3.34. The van der Waals surface area contributed by atoms with E-state index in [-0.39, 0.29) is 16.5 Å². The van der Waals surface area contributed by atoms with Gasteiger partial charge in [-0.15, -0.1) is 0 Å². The maximum absolute atomic E-state index is 12.1. The molecule has 0 saturated heterocycles. The first-order valence-corrected chi connectivity index (χ1v) is 11.3. The smallest absolute Gasteiger partial charge is 0.338 e. The van der Waals surface area contributed by atoms with Crippen LogP contribution in [0.3, 0.4) is 0 Å². The molecule has 0 aliphatic carbocycles. The first-order valence-electron chi connectivity index (χ1n) is 9.41. The summed E-state index contributed by atoms with van der Waals surface area (Å²) in [6, 6.07) is 13.2. The Morgan fingerprint density at radius 3 is 2.07 bits per heavy atom. The van der Waals surface area contributed by atoms with Gasteiger partial charge in [0.25, 0.3) is 5.91 Å². The van der Waals surface area contributed by atoms with Crippen molar-refractivity contribution in [2.45, 2.75) is 38.1 Å². The highest BCUT2D eigenvalue weighted by Gasteiger charge is 2.14. The van der Waals surface area contributed by atoms with Crippen molar-refractivity contribution in [3.05, 3.63) is 65.2 Å². The van der Waals surface area contributed by atoms with Crippen molar-refractivity contribution in [3.63, 3.8) is 0 Å². The van der Waals surface area contributed by atoms with Crippen molar-refractivity contribution in [2.24, 2.45) is 5.92 Å². The Balaban J connectivity index is 1.86. The average Bonchev–Trinajstić information content (AvgIpc) is 2.65. The number of hydrogen-bond acceptors (Lipinski definition) is 5. The molecule has 2 aromatic carbocycles. The number of esters is 1. The molecular weight excluding hydrogens is 390 g/mol. The summed E-state index contributed by atoms with van der Waals surface area (Å²) in [6.07, 6.45) is 2.09. The van der Waals surface area contributed by atoms with E-state index in [0.717, 1.165) is 18.2 Å². The van der Waals surface area contributed by atoms with Crippen molar-refractivity contribution >= 4 is 21.7 Å². The highest BCUT2D eigenvalue weighted by Crippen LogP contribution is 2.16. The number of nitrogens with one attached hydrogen (secondary N) is 1. The number of rotatable bonds is 8. The lowest BCUT2D eigenvalue weighted by Crippen LogP contribution is -2.31. The first kappa shape index (κ1) is 22.6. The number of carbonyl (C=O) groups excluding carboxylic acids is 2. The Bertz CT molecular complexity index is 948. The molecule has 1 N–H and O–H groups in total. The van der Waals surface area contributed by atoms with Gasteiger partial charge < -0.3 is 10.1 Å². The van der Waals surface area contributed by atoms with E-state index in [2.05, 4.69) is 31.3 Å². The highest BCUT2D eigenvalue weighted by atomic mass is 32.2. The van der Waals surface area contributed by atoms with E-state index in [9.17, 15) is 18.0 Å². The summed E-state index contributed by atoms with van der Waals surface area (Å²) < 4.78 is 27.9. The zero-order valence-corrected chi connectivity index (χ0v) is 18.0. The van der Waals surface area contributed by atoms with Crippen LogP contribution in [0.4, 0.5) is 0 Å². The molecule has 29 heavy (non-hydrogen) atoms. The summed E-state index contributed by atoms with van der Waals surface area (Å²) in [7, 11) is -3.34. The van der Waals surface area contributed by atoms with Gasteiger partial charge in [-0.1, -0.05) is 38.1 Å². The van der Waals surface area contributed by atoms with Crippen LogP contribution in [-0.4, -0.2) is 33.2 Å². The van der Waals surface area contributed by atoms with Crippen LogP contribution in [0.25, 0.3) is 0 Å². The summed E-state index contributed by atoms with van der Waals surface area (Å²) in [6.45, 7) is 5.78. The molecule has 0 radical (unpaired) electrons. The summed E-state index contributed by atoms with van der Waals surface area (Å²) >= 11 is 0. The third kappa shape index (κ3) is 7.02. The quantitative estimate of drug-likeness (QED) is 0.666. The zero-order valence-electron chi connectivity index (χ0n) is 17.1. The largest absolute Gasteiger partial charge is 0.452 e. The van der Waals surface area contributed by atoms with Gasteiger partial charge in [0.15, 0.2) is 16.4 Å². The second-order valence-corrected chi connectivity index (χ2v) is 9.52. The zero-order chi connectivity index (χ0) is 21.6. The van der Waals surface area contributed by atoms with Crippen LogP contribution in [0.15, 0.2) is 53.4 Å². The summed E-state index contributed by atoms with van der Waals surface area (Å²) in [5, 5.41) is 2.80. The van der Waals surface area contributed by atoms with Crippen molar-refractivity contribution < 1.29 is 22.7 Å². The fourth-order valence-electron chi connectivity index (χ4n) is 2.83. The number of amides is 1. The van der Waals surface area contributed by atoms with E-state index < -0.39 is 28.3 Å². The lowest BCUT2D eigenvalue weighted by atomic mass is 10.00. The average molecular weight is 418 g/mol. The second-order valence-electron chi connectivity index (χ2n) is 7.50. The molecule has 0 bridgehead atoms. The number of sulfone groups is 1. The van der Waals surface area contributed by atoms with Gasteiger partial charge in [0.1, 0.15) is 0 Å². The molecule has 0 saturated carbocycles. The molecular formula is C22H27NO5S. The molecule has 0 aromatic heterocycles. The van der Waals surface area contributed by atoms with Crippen molar-refractivity contribution in [2.75, 3.05) is 12.9 Å². The Morgan fingerprint density at radius 2 is 1.55 bits per heavy atom. The van der Waals surface area contributed by atoms with Gasteiger partial charge in [-0.3, -0.25) is 4.79 Å². The van der Waals surface area contributed by atoms with Crippen molar-refractivity contribution in [1.29, 1.82) is 0 Å². The van der Waals surface area contributed by atoms with Crippen LogP contribution in [0.2, 0.25) is 0 Å². The Kier molecular flexibility index (Phi) is 7.56. The maximum atomic E-state index is 12.1. The molecule has 0 aliphatic heterocycles. The van der Waals surface area contributed by atoms with Gasteiger partial charge in [-0.25, -0.2) is 13.2 Å². The monoisotopic (exact) mass is 417 g/mol. The molecule has 2 rings (SSSR count). The fraction of sp³-hybridized carbons (Fsp3) is 0.364. The topological polar surface area (TPSA) is 89.5 Å². The molecule has 7 heteroatoms. The van der Waals surface area contributed by atoms with E-state index in [1.165, 1.54) is 29.8 Å². The van der Waals surface area contributed by atoms with Gasteiger partial charge in [-0.05, 0) is 54.7 Å². The van der Waals surface area contributed by atoms with Crippen molar-refractivity contribution in [3.8, 4) is 0 Å². The summed E-state index contributed by atoms with van der Waals surface area (Å²) in [5.74, 6) is -0.522. The molecule has 0 aliphatic rings. The Hall–Kier alpha value is -2.67. The van der Waals surface area contributed by atoms with Gasteiger partial charge >= 0.3 is 5.97 Å². The highest BCUT2D eigenvalue weighted by molar-refractivity contribution is 7.90. The summed E-state index contributed by atoms with van der Waals surface area (Å²) in [4.78, 5) is 24.2. The minimum Gasteiger partial charge on any atom is -0.452 e. The molecule has 2 aromatic rings. The molecule has 0 fully saturated rings. The van der Waals surface area contributed by atoms with E-state index >= 15 is 0 Å². The first-order chi connectivity index (χ1) is 13.6. The Labute approximate surface area is 172 Å². The van der Waals surface area contributed by atoms with Crippen LogP contribution >= 0.6 is 0 Å². The van der Waals surface area contributed by atoms with E-state index in [0.29, 0.717) is 5.92 Å². The van der Waals surface area contributed by atoms with Crippen molar-refractivity contribution in [1.82, 2.24) is 5.32 Å². The minimum absolute atomic E-state index is 0.111. The molecule has 1 atom stereocenters. The fourth-order valence-corrected chi connectivity index (χ4v) is 3.46. The van der Waals surface area contributed by atoms with Gasteiger partial charge in [0.05, 0.1) is 16.5 Å². The summed E-state index contributed by atoms with van der Waals surface area (Å²) in [5.41, 5.74) is 2.39. The lowest BCUT2D eigenvalue weighted by Gasteiger charge is -2.15. The van der Waals surface area contributed by atoms with Crippen LogP contribution in [0.5, 0.6) is 0 Å². The number of ether oxygens (including phenoxy) is 1. The third-order valence-corrected chi connectivity index (χ3v) is 5.48. The number of carbonyl (C=O) groups is 2. The second kappa shape index (κ2) is 9.69. The van der Waals surface area contributed by atoms with E-state index in [4.69, 9.17) is 4.74 Å². The lowest BCUT2D eigenvalue weighted by molar-refractivity contribution is -0.124. The molecule has 6 nitrogen and oxygen atoms in total. The van der Waals surface area contributed by atoms with Crippen LogP contribution in [0, 0.1) is 5.92 Å². The SMILES string of the molecule is CC(C)Cc1ccc([C@H](C)NC(=O)COC(=O)c2ccc(S(C)(=O)=O)cc2)cc1. The Morgan fingerprint density at radius 1 is 0.966 bits per heavy atom. The van der Waals surface area contributed by atoms with E-state index in [1.807, 2.05) is 19.1 Å². The van der Waals surface area contributed by atoms with Crippen LogP contribution in [0.1, 0.15) is 48.3 Å². The van der Waals surface area contributed by atoms with Gasteiger partial charge in [0.2, 0.25) is 0 Å². The van der Waals surface area contributed by atoms with E-state index in [1.54, 1.807) is 0 Å². The molecule has 0 unspecified atom stereocenters. The standard InChI is InChI=1S/C22H27NO5S/c1-15(2)13-17-5-7-18(8-6-17)16(3)23-21(24)14-28-22(25)19-9-11-20(12-10-19)29(4,26)27/h5-12,15-16H,13-14H2,1-4H3,(H,23,24)/t16-/m0/s1. The normalized spacial score (nSPS) is 12.4. The molecule has 156 valence electrons. The van der Waals surface area contributed by atoms with Crippen LogP contribution < -0.4 is 5.32 Å². The predicted molar refractivity (Wildman–Crippen MR) is 111 cm³/mol. The molecule has 1 amide bonds. The molecule has 0 spiro atoms.